The van der Waals surface area contributed by atoms with Crippen molar-refractivity contribution >= 4 is 53.6 Å². The first-order valence-electron chi connectivity index (χ1n) is 13.6. The summed E-state index contributed by atoms with van der Waals surface area (Å²) in [7, 11) is 0. The van der Waals surface area contributed by atoms with Crippen molar-refractivity contribution in [3.63, 3.8) is 0 Å². The summed E-state index contributed by atoms with van der Waals surface area (Å²) in [4.78, 5) is 7.82. The van der Waals surface area contributed by atoms with Crippen LogP contribution in [0.2, 0.25) is 0 Å². The van der Waals surface area contributed by atoms with Gasteiger partial charge in [-0.25, -0.2) is 0 Å². The summed E-state index contributed by atoms with van der Waals surface area (Å²) in [6.45, 7) is 16.1. The van der Waals surface area contributed by atoms with Gasteiger partial charge in [-0.2, -0.15) is 0 Å². The van der Waals surface area contributed by atoms with Crippen LogP contribution in [0.15, 0.2) is 66.9 Å². The predicted octanol–water partition coefficient (Wildman–Crippen LogP) is 11.1. The first kappa shape index (κ1) is 25.3. The van der Waals surface area contributed by atoms with E-state index in [1.165, 1.54) is 68.5 Å². The fraction of sp³-hybridized carbons (Fsp3) is 0.286. The summed E-state index contributed by atoms with van der Waals surface area (Å²) in [5.41, 5.74) is 7.93. The molecule has 0 atom stereocenters. The lowest BCUT2D eigenvalue weighted by Crippen LogP contribution is -2.12. The Hall–Kier alpha value is -3.01. The molecule has 3 heteroatoms. The van der Waals surface area contributed by atoms with Gasteiger partial charge < -0.3 is 0 Å². The smallest absolute Gasteiger partial charge is 0.0791 e. The summed E-state index contributed by atoms with van der Waals surface area (Å²) in [6.07, 6.45) is 3.12. The molecule has 6 rings (SSSR count). The van der Waals surface area contributed by atoms with E-state index in [4.69, 9.17) is 4.98 Å². The van der Waals surface area contributed by atoms with Crippen LogP contribution in [0.5, 0.6) is 0 Å². The molecule has 3 heterocycles. The highest BCUT2D eigenvalue weighted by molar-refractivity contribution is 7.24. The number of rotatable bonds is 4. The maximum atomic E-state index is 5.00. The van der Waals surface area contributed by atoms with Gasteiger partial charge in [0.2, 0.25) is 0 Å². The van der Waals surface area contributed by atoms with Gasteiger partial charge in [-0.05, 0) is 82.6 Å². The normalized spacial score (nSPS) is 12.4. The molecule has 6 aromatic rings. The molecule has 0 aliphatic heterocycles. The molecule has 0 aliphatic rings. The first-order valence-corrected chi connectivity index (χ1v) is 15.2. The third kappa shape index (κ3) is 4.17. The highest BCUT2D eigenvalue weighted by Gasteiger charge is 2.22. The van der Waals surface area contributed by atoms with Crippen molar-refractivity contribution in [3.8, 4) is 21.7 Å². The minimum atomic E-state index is 0.0404. The average Bonchev–Trinajstić information content (AvgIpc) is 3.38. The first-order chi connectivity index (χ1) is 18.1. The van der Waals surface area contributed by atoms with Crippen molar-refractivity contribution in [2.45, 2.75) is 60.3 Å². The zero-order valence-electron chi connectivity index (χ0n) is 23.4. The molecule has 0 unspecified atom stereocenters. The maximum Gasteiger partial charge on any atom is 0.0791 e. The number of hydrogen-bond acceptors (Lipinski definition) is 3. The quantitative estimate of drug-likeness (QED) is 0.220. The summed E-state index contributed by atoms with van der Waals surface area (Å²) < 4.78 is 2.73. The van der Waals surface area contributed by atoms with Crippen LogP contribution in [0.3, 0.4) is 0 Å². The Bertz CT molecular complexity index is 1820. The monoisotopic (exact) mass is 533 g/mol. The van der Waals surface area contributed by atoms with E-state index in [9.17, 15) is 0 Å². The Labute approximate surface area is 234 Å². The molecule has 0 radical (unpaired) electrons. The molecule has 3 aromatic heterocycles. The Balaban J connectivity index is 1.59. The zero-order valence-corrected chi connectivity index (χ0v) is 25.0. The van der Waals surface area contributed by atoms with Gasteiger partial charge in [0.05, 0.1) is 5.69 Å². The molecular formula is C35H35NS2. The lowest BCUT2D eigenvalue weighted by molar-refractivity contribution is 0.596. The van der Waals surface area contributed by atoms with E-state index < -0.39 is 0 Å². The van der Waals surface area contributed by atoms with Gasteiger partial charge in [-0.15, -0.1) is 22.7 Å². The zero-order chi connectivity index (χ0) is 26.8. The van der Waals surface area contributed by atoms with Gasteiger partial charge in [-0.1, -0.05) is 77.1 Å². The lowest BCUT2D eigenvalue weighted by Gasteiger charge is -2.23. The van der Waals surface area contributed by atoms with Gasteiger partial charge in [0.1, 0.15) is 0 Å². The number of aromatic nitrogens is 1. The standard InChI is InChI=1S/C35H35NS2/c1-20(2)17-28-22(4)37-34-26(28)13-10-14-27(34)33-21(3)31-30(38-33)15-16-36-32(31)24-18-23-11-8-9-12-25(23)29(19-24)35(5,6)7/h8-16,18-20H,17H2,1-7H3. The van der Waals surface area contributed by atoms with E-state index >= 15 is 0 Å². The molecule has 0 aliphatic carbocycles. The van der Waals surface area contributed by atoms with Crippen molar-refractivity contribution in [1.29, 1.82) is 0 Å². The van der Waals surface area contributed by atoms with E-state index in [1.54, 1.807) is 0 Å². The van der Waals surface area contributed by atoms with Crippen LogP contribution in [-0.4, -0.2) is 4.98 Å². The van der Waals surface area contributed by atoms with Gasteiger partial charge in [0, 0.05) is 41.9 Å². The molecule has 0 spiro atoms. The topological polar surface area (TPSA) is 12.9 Å². The van der Waals surface area contributed by atoms with Crippen molar-refractivity contribution in [1.82, 2.24) is 4.98 Å². The second-order valence-corrected chi connectivity index (χ2v) is 14.3. The van der Waals surface area contributed by atoms with Crippen LogP contribution in [0, 0.1) is 19.8 Å². The molecule has 192 valence electrons. The fourth-order valence-corrected chi connectivity index (χ4v) is 8.37. The number of thiophene rings is 2. The Kier molecular flexibility index (Phi) is 6.20. The van der Waals surface area contributed by atoms with Gasteiger partial charge in [0.25, 0.3) is 0 Å². The van der Waals surface area contributed by atoms with Crippen LogP contribution >= 0.6 is 22.7 Å². The molecule has 0 saturated carbocycles. The maximum absolute atomic E-state index is 5.00. The Morgan fingerprint density at radius 2 is 1.63 bits per heavy atom. The van der Waals surface area contributed by atoms with E-state index in [2.05, 4.69) is 109 Å². The molecule has 3 aromatic carbocycles. The van der Waals surface area contributed by atoms with E-state index in [-0.39, 0.29) is 5.41 Å². The minimum Gasteiger partial charge on any atom is -0.256 e. The van der Waals surface area contributed by atoms with E-state index in [0.29, 0.717) is 5.92 Å². The summed E-state index contributed by atoms with van der Waals surface area (Å²) in [5, 5.41) is 5.32. The molecule has 38 heavy (non-hydrogen) atoms. The highest BCUT2D eigenvalue weighted by Crippen LogP contribution is 2.47. The fourth-order valence-electron chi connectivity index (χ4n) is 5.86. The molecule has 0 saturated heterocycles. The Morgan fingerprint density at radius 3 is 2.39 bits per heavy atom. The number of nitrogens with zero attached hydrogens (tertiary/aromatic N) is 1. The number of hydrogen-bond donors (Lipinski definition) is 0. The second kappa shape index (κ2) is 9.32. The van der Waals surface area contributed by atoms with Gasteiger partial charge in [-0.3, -0.25) is 4.98 Å². The average molecular weight is 534 g/mol. The van der Waals surface area contributed by atoms with E-state index in [0.717, 1.165) is 12.1 Å². The van der Waals surface area contributed by atoms with Crippen LogP contribution < -0.4 is 0 Å². The number of pyridine rings is 1. The third-order valence-corrected chi connectivity index (χ3v) is 10.1. The minimum absolute atomic E-state index is 0.0404. The molecule has 0 bridgehead atoms. The SMILES string of the molecule is Cc1sc2c(-c3sc4ccnc(-c5cc(C(C)(C)C)c6ccccc6c5)c4c3C)cccc2c1CC(C)C. The van der Waals surface area contributed by atoms with Gasteiger partial charge >= 0.3 is 0 Å². The van der Waals surface area contributed by atoms with Crippen molar-refractivity contribution in [2.24, 2.45) is 5.92 Å². The predicted molar refractivity (Wildman–Crippen MR) is 170 cm³/mol. The van der Waals surface area contributed by atoms with Crippen LogP contribution in [0.25, 0.3) is 52.6 Å². The largest absolute Gasteiger partial charge is 0.256 e. The second-order valence-electron chi connectivity index (χ2n) is 12.0. The summed E-state index contributed by atoms with van der Waals surface area (Å²) >= 11 is 3.87. The van der Waals surface area contributed by atoms with Crippen LogP contribution in [-0.2, 0) is 11.8 Å². The van der Waals surface area contributed by atoms with Crippen molar-refractivity contribution < 1.29 is 0 Å². The van der Waals surface area contributed by atoms with E-state index in [1.807, 2.05) is 28.9 Å². The highest BCUT2D eigenvalue weighted by atomic mass is 32.1. The lowest BCUT2D eigenvalue weighted by atomic mass is 9.82. The van der Waals surface area contributed by atoms with Crippen LogP contribution in [0.1, 0.15) is 56.2 Å². The third-order valence-electron chi connectivity index (χ3n) is 7.66. The molecule has 1 nitrogen and oxygen atoms in total. The van der Waals surface area contributed by atoms with Gasteiger partial charge in [0.15, 0.2) is 0 Å². The number of aryl methyl sites for hydroxylation is 2. The Morgan fingerprint density at radius 1 is 0.868 bits per heavy atom. The number of benzene rings is 3. The molecule has 0 N–H and O–H groups in total. The molecular weight excluding hydrogens is 499 g/mol. The van der Waals surface area contributed by atoms with Crippen molar-refractivity contribution in [3.05, 3.63) is 88.4 Å². The molecule has 0 amide bonds. The summed E-state index contributed by atoms with van der Waals surface area (Å²) in [6, 6.07) is 22.5. The van der Waals surface area contributed by atoms with Crippen molar-refractivity contribution in [2.75, 3.05) is 0 Å². The molecule has 0 fully saturated rings. The summed E-state index contributed by atoms with van der Waals surface area (Å²) in [5.74, 6) is 0.648. The number of fused-ring (bicyclic) bond motifs is 3. The van der Waals surface area contributed by atoms with Crippen LogP contribution in [0.4, 0.5) is 0 Å².